The second-order valence-corrected chi connectivity index (χ2v) is 6.07. The Bertz CT molecular complexity index is 698. The first-order valence-electron chi connectivity index (χ1n) is 7.07. The summed E-state index contributed by atoms with van der Waals surface area (Å²) in [6.45, 7) is 4.03. The summed E-state index contributed by atoms with van der Waals surface area (Å²) in [5.74, 6) is 1.19. The van der Waals surface area contributed by atoms with Crippen LogP contribution in [-0.2, 0) is 11.2 Å². The van der Waals surface area contributed by atoms with Crippen molar-refractivity contribution in [3.05, 3.63) is 57.8 Å². The minimum absolute atomic E-state index is 0.0600. The molecule has 1 aromatic heterocycles. The number of carbonyl (C=O) groups excluding carboxylic acids is 1. The zero-order valence-corrected chi connectivity index (χ0v) is 13.5. The normalized spacial score (nSPS) is 10.5. The maximum atomic E-state index is 11.9. The van der Waals surface area contributed by atoms with E-state index >= 15 is 0 Å². The molecule has 0 saturated heterocycles. The van der Waals surface area contributed by atoms with Crippen LogP contribution in [0.1, 0.15) is 17.1 Å². The van der Waals surface area contributed by atoms with E-state index in [1.807, 2.05) is 30.3 Å². The number of nitrogens with one attached hydrogen (secondary N) is 2. The van der Waals surface area contributed by atoms with Gasteiger partial charge in [-0.3, -0.25) is 9.59 Å². The first-order chi connectivity index (χ1) is 10.6. The lowest BCUT2D eigenvalue weighted by Gasteiger charge is -2.07. The number of aromatic nitrogens is 2. The Labute approximate surface area is 133 Å². The van der Waals surface area contributed by atoms with Gasteiger partial charge in [0.15, 0.2) is 0 Å². The van der Waals surface area contributed by atoms with Crippen molar-refractivity contribution in [1.29, 1.82) is 0 Å². The third-order valence-electron chi connectivity index (χ3n) is 3.11. The number of aromatic amines is 1. The van der Waals surface area contributed by atoms with Gasteiger partial charge in [-0.05, 0) is 26.0 Å². The van der Waals surface area contributed by atoms with Gasteiger partial charge in [0, 0.05) is 28.5 Å². The molecule has 0 spiro atoms. The Morgan fingerprint density at radius 3 is 2.68 bits per heavy atom. The van der Waals surface area contributed by atoms with Gasteiger partial charge in [-0.1, -0.05) is 18.2 Å². The number of thioether (sulfide) groups is 1. The second kappa shape index (κ2) is 7.79. The van der Waals surface area contributed by atoms with Crippen molar-refractivity contribution in [2.24, 2.45) is 0 Å². The highest BCUT2D eigenvalue weighted by molar-refractivity contribution is 7.99. The Kier molecular flexibility index (Phi) is 5.77. The highest BCUT2D eigenvalue weighted by atomic mass is 32.2. The predicted molar refractivity (Wildman–Crippen MR) is 88.2 cm³/mol. The summed E-state index contributed by atoms with van der Waals surface area (Å²) in [4.78, 5) is 31.7. The Morgan fingerprint density at radius 1 is 1.27 bits per heavy atom. The topological polar surface area (TPSA) is 74.8 Å². The summed E-state index contributed by atoms with van der Waals surface area (Å²) in [5, 5.41) is 2.83. The van der Waals surface area contributed by atoms with Crippen LogP contribution in [0.2, 0.25) is 0 Å². The fraction of sp³-hybridized carbons (Fsp3) is 0.312. The molecule has 0 aliphatic rings. The molecular formula is C16H19N3O2S. The standard InChI is InChI=1S/C16H19N3O2S/c1-11-14(16(21)19-12(2)18-11)10-15(20)17-8-9-22-13-6-4-3-5-7-13/h3-7H,8-10H2,1-2H3,(H,17,20)(H,18,19,21). The fourth-order valence-electron chi connectivity index (χ4n) is 2.06. The molecule has 0 saturated carbocycles. The van der Waals surface area contributed by atoms with Crippen molar-refractivity contribution in [3.63, 3.8) is 0 Å². The quantitative estimate of drug-likeness (QED) is 0.630. The summed E-state index contributed by atoms with van der Waals surface area (Å²) in [7, 11) is 0. The highest BCUT2D eigenvalue weighted by Crippen LogP contribution is 2.15. The molecule has 2 N–H and O–H groups in total. The van der Waals surface area contributed by atoms with Crippen molar-refractivity contribution in [2.75, 3.05) is 12.3 Å². The van der Waals surface area contributed by atoms with Gasteiger partial charge in [0.25, 0.3) is 5.56 Å². The van der Waals surface area contributed by atoms with E-state index in [2.05, 4.69) is 15.3 Å². The summed E-state index contributed by atoms with van der Waals surface area (Å²) < 4.78 is 0. The van der Waals surface area contributed by atoms with Crippen LogP contribution in [-0.4, -0.2) is 28.2 Å². The molecule has 0 fully saturated rings. The van der Waals surface area contributed by atoms with E-state index in [0.29, 0.717) is 23.6 Å². The molecule has 22 heavy (non-hydrogen) atoms. The lowest BCUT2D eigenvalue weighted by molar-refractivity contribution is -0.120. The largest absolute Gasteiger partial charge is 0.355 e. The van der Waals surface area contributed by atoms with Crippen molar-refractivity contribution in [1.82, 2.24) is 15.3 Å². The average molecular weight is 317 g/mol. The third kappa shape index (κ3) is 4.73. The van der Waals surface area contributed by atoms with Gasteiger partial charge in [-0.2, -0.15) is 0 Å². The van der Waals surface area contributed by atoms with Crippen molar-refractivity contribution in [2.45, 2.75) is 25.2 Å². The van der Waals surface area contributed by atoms with Crippen LogP contribution in [0.5, 0.6) is 0 Å². The van der Waals surface area contributed by atoms with E-state index in [1.165, 1.54) is 4.90 Å². The zero-order valence-electron chi connectivity index (χ0n) is 12.7. The Morgan fingerprint density at radius 2 is 2.00 bits per heavy atom. The van der Waals surface area contributed by atoms with Gasteiger partial charge in [0.2, 0.25) is 5.91 Å². The van der Waals surface area contributed by atoms with Crippen LogP contribution in [0, 0.1) is 13.8 Å². The van der Waals surface area contributed by atoms with E-state index in [4.69, 9.17) is 0 Å². The Balaban J connectivity index is 1.80. The lowest BCUT2D eigenvalue weighted by atomic mass is 10.1. The summed E-state index contributed by atoms with van der Waals surface area (Å²) >= 11 is 1.68. The molecule has 0 aliphatic heterocycles. The van der Waals surface area contributed by atoms with Crippen LogP contribution in [0.4, 0.5) is 0 Å². The van der Waals surface area contributed by atoms with Crippen LogP contribution in [0.25, 0.3) is 0 Å². The van der Waals surface area contributed by atoms with E-state index in [0.717, 1.165) is 5.75 Å². The fourth-order valence-corrected chi connectivity index (χ4v) is 2.85. The number of H-pyrrole nitrogens is 1. The Hall–Kier alpha value is -2.08. The summed E-state index contributed by atoms with van der Waals surface area (Å²) in [6, 6.07) is 10.0. The monoisotopic (exact) mass is 317 g/mol. The molecule has 1 aromatic carbocycles. The van der Waals surface area contributed by atoms with E-state index in [-0.39, 0.29) is 17.9 Å². The molecule has 0 radical (unpaired) electrons. The SMILES string of the molecule is Cc1nc(C)c(CC(=O)NCCSc2ccccc2)c(=O)[nH]1. The number of aryl methyl sites for hydroxylation is 2. The van der Waals surface area contributed by atoms with Gasteiger partial charge < -0.3 is 10.3 Å². The van der Waals surface area contributed by atoms with Gasteiger partial charge in [0.1, 0.15) is 5.82 Å². The van der Waals surface area contributed by atoms with Crippen LogP contribution in [0.15, 0.2) is 40.0 Å². The minimum atomic E-state index is -0.237. The number of hydrogen-bond donors (Lipinski definition) is 2. The minimum Gasteiger partial charge on any atom is -0.355 e. The number of amides is 1. The number of rotatable bonds is 6. The van der Waals surface area contributed by atoms with Crippen LogP contribution >= 0.6 is 11.8 Å². The van der Waals surface area contributed by atoms with Crippen LogP contribution in [0.3, 0.4) is 0 Å². The summed E-state index contributed by atoms with van der Waals surface area (Å²) in [5.41, 5.74) is 0.799. The number of nitrogens with zero attached hydrogens (tertiary/aromatic N) is 1. The lowest BCUT2D eigenvalue weighted by Crippen LogP contribution is -2.30. The van der Waals surface area contributed by atoms with Crippen LogP contribution < -0.4 is 10.9 Å². The molecule has 0 aliphatic carbocycles. The average Bonchev–Trinajstić information content (AvgIpc) is 2.48. The van der Waals surface area contributed by atoms with Gasteiger partial charge in [0.05, 0.1) is 6.42 Å². The molecule has 1 heterocycles. The highest BCUT2D eigenvalue weighted by Gasteiger charge is 2.11. The maximum absolute atomic E-state index is 11.9. The van der Waals surface area contributed by atoms with E-state index in [1.54, 1.807) is 25.6 Å². The van der Waals surface area contributed by atoms with Crippen molar-refractivity contribution in [3.8, 4) is 0 Å². The molecule has 0 unspecified atom stereocenters. The number of benzene rings is 1. The molecule has 0 bridgehead atoms. The van der Waals surface area contributed by atoms with E-state index in [9.17, 15) is 9.59 Å². The van der Waals surface area contributed by atoms with Gasteiger partial charge in [-0.15, -0.1) is 11.8 Å². The first-order valence-corrected chi connectivity index (χ1v) is 8.06. The molecule has 5 nitrogen and oxygen atoms in total. The number of carbonyl (C=O) groups is 1. The smallest absolute Gasteiger partial charge is 0.254 e. The molecule has 1 amide bonds. The van der Waals surface area contributed by atoms with Gasteiger partial charge in [-0.25, -0.2) is 4.98 Å². The molecule has 2 aromatic rings. The maximum Gasteiger partial charge on any atom is 0.254 e. The predicted octanol–water partition coefficient (Wildman–Crippen LogP) is 1.84. The van der Waals surface area contributed by atoms with Crippen molar-refractivity contribution >= 4 is 17.7 Å². The third-order valence-corrected chi connectivity index (χ3v) is 4.13. The molecule has 116 valence electrons. The summed E-state index contributed by atoms with van der Waals surface area (Å²) in [6.07, 6.45) is 0.0600. The molecule has 2 rings (SSSR count). The zero-order chi connectivity index (χ0) is 15.9. The van der Waals surface area contributed by atoms with Crippen molar-refractivity contribution < 1.29 is 4.79 Å². The first kappa shape index (κ1) is 16.3. The number of hydrogen-bond acceptors (Lipinski definition) is 4. The second-order valence-electron chi connectivity index (χ2n) is 4.90. The van der Waals surface area contributed by atoms with E-state index < -0.39 is 0 Å². The molecule has 0 atom stereocenters. The molecule has 6 heteroatoms. The molecular weight excluding hydrogens is 298 g/mol. The van der Waals surface area contributed by atoms with Gasteiger partial charge >= 0.3 is 0 Å².